The maximum atomic E-state index is 16.4. The molecule has 35 heteroatoms. The number of hydrogen-bond donors (Lipinski definition) is 16. The first kappa shape index (κ1) is 70.2. The van der Waals surface area contributed by atoms with Crippen LogP contribution in [0.1, 0.15) is 51.6 Å². The summed E-state index contributed by atoms with van der Waals surface area (Å²) in [4.78, 5) is 90.4. The Labute approximate surface area is 508 Å². The second-order valence-corrected chi connectivity index (χ2v) is 23.7. The van der Waals surface area contributed by atoms with Crippen molar-refractivity contribution in [1.82, 2.24) is 30.9 Å². The van der Waals surface area contributed by atoms with E-state index in [2.05, 4.69) is 36.2 Å². The summed E-state index contributed by atoms with van der Waals surface area (Å²) >= 11 is 1.11. The van der Waals surface area contributed by atoms with Gasteiger partial charge in [0, 0.05) is 22.9 Å². The number of rotatable bonds is 26. The van der Waals surface area contributed by atoms with Crippen LogP contribution in [0, 0.1) is 17.5 Å². The maximum absolute atomic E-state index is 16.4. The van der Waals surface area contributed by atoms with Crippen LogP contribution in [-0.2, 0) is 60.2 Å². The molecular formula is C54H65F3N10O20S2. The Hall–Kier alpha value is -7.91. The lowest BCUT2D eigenvalue weighted by atomic mass is 9.98. The van der Waals surface area contributed by atoms with Crippen molar-refractivity contribution in [2.75, 3.05) is 28.6 Å². The molecule has 1 fully saturated rings. The summed E-state index contributed by atoms with van der Waals surface area (Å²) in [5.74, 6) is -10.2. The number of ether oxygens (including phenoxy) is 3. The molecule has 0 saturated carbocycles. The summed E-state index contributed by atoms with van der Waals surface area (Å²) in [6.45, 7) is 5.16. The number of sulfonamides is 1. The minimum atomic E-state index is -4.98. The molecule has 3 heterocycles. The average Bonchev–Trinajstić information content (AvgIpc) is 1.81. The van der Waals surface area contributed by atoms with Crippen LogP contribution in [0.3, 0.4) is 0 Å². The highest BCUT2D eigenvalue weighted by Gasteiger charge is 2.48. The van der Waals surface area contributed by atoms with E-state index in [1.165, 1.54) is 48.7 Å². The highest BCUT2D eigenvalue weighted by molar-refractivity contribution is 7.92. The zero-order valence-corrected chi connectivity index (χ0v) is 49.3. The Bertz CT molecular complexity index is 3450. The van der Waals surface area contributed by atoms with Crippen molar-refractivity contribution in [2.45, 2.75) is 137 Å². The molecule has 1 saturated heterocycles. The van der Waals surface area contributed by atoms with Crippen molar-refractivity contribution < 1.29 is 111 Å². The van der Waals surface area contributed by atoms with Crippen LogP contribution in [0.4, 0.5) is 35.3 Å². The number of nitrogens with two attached hydrogens (primary N) is 1. The van der Waals surface area contributed by atoms with Gasteiger partial charge in [-0.1, -0.05) is 45.0 Å². The molecule has 0 bridgehead atoms. The van der Waals surface area contributed by atoms with Crippen LogP contribution in [0.15, 0.2) is 77.8 Å². The number of hydrogen-bond acceptors (Lipinski definition) is 24. The predicted octanol–water partition coefficient (Wildman–Crippen LogP) is -1.54. The number of nitrogens with one attached hydrogen (secondary N) is 6. The van der Waals surface area contributed by atoms with Gasteiger partial charge in [0.15, 0.2) is 23.1 Å². The highest BCUT2D eigenvalue weighted by Crippen LogP contribution is 2.42. The minimum absolute atomic E-state index is 0.00660. The van der Waals surface area contributed by atoms with Gasteiger partial charge in [0.2, 0.25) is 29.6 Å². The molecule has 2 aromatic heterocycles. The summed E-state index contributed by atoms with van der Waals surface area (Å²) in [5.41, 5.74) is 4.51. The normalized spacial score (nSPS) is 19.6. The molecule has 1 aliphatic heterocycles. The number of nitrogens with zero attached hydrogens (tertiary/aromatic N) is 3. The lowest BCUT2D eigenvalue weighted by Crippen LogP contribution is -2.63. The minimum Gasteiger partial charge on any atom is -0.444 e. The second kappa shape index (κ2) is 30.1. The van der Waals surface area contributed by atoms with Crippen LogP contribution < -0.4 is 37.0 Å². The van der Waals surface area contributed by atoms with Crippen LogP contribution >= 0.6 is 11.3 Å². The van der Waals surface area contributed by atoms with Crippen molar-refractivity contribution in [2.24, 2.45) is 5.73 Å². The quantitative estimate of drug-likeness (QED) is 0.0298. The molecule has 5 aromatic rings. The zero-order chi connectivity index (χ0) is 66.0. The Morgan fingerprint density at radius 3 is 2.06 bits per heavy atom. The molecule has 6 amide bonds. The van der Waals surface area contributed by atoms with Crippen molar-refractivity contribution in [3.05, 3.63) is 101 Å². The van der Waals surface area contributed by atoms with Crippen LogP contribution in [0.5, 0.6) is 0 Å². The number of aliphatic hydroxyl groups is 9. The molecule has 30 nitrogen and oxygen atoms in total. The Morgan fingerprint density at radius 2 is 1.45 bits per heavy atom. The first-order valence-corrected chi connectivity index (χ1v) is 29.0. The van der Waals surface area contributed by atoms with Crippen LogP contribution in [-0.4, -0.2) is 198 Å². The number of anilines is 3. The van der Waals surface area contributed by atoms with E-state index in [4.69, 9.17) is 19.9 Å². The topological polar surface area (TPSA) is 483 Å². The number of amides is 6. The second-order valence-electron chi connectivity index (χ2n) is 21.1. The first-order valence-electron chi connectivity index (χ1n) is 26.7. The Balaban J connectivity index is 1.04. The van der Waals surface area contributed by atoms with Gasteiger partial charge in [-0.2, -0.15) is 0 Å². The molecule has 0 aliphatic carbocycles. The molecule has 17 N–H and O–H groups in total. The SMILES string of the molecule is CC(NC(=O)C(NC(=O)[C@H](O)[C@H](O)[C@@H](O[C@@H]1O[C@H](CO)[C@H](O)[C@H](O)[C@H]1O)[C@H](O)CO)C(C)O)C(=O)NC(CC(N)=O)C(=O)Nc1ccc(COC(=O)Nc2nccc(-c3sc(C(C)(C)C)nc3-c3cccc(NS(=O)(=O)c4c(F)cccc4F)c3F)n2)cc1. The van der Waals surface area contributed by atoms with E-state index in [-0.39, 0.29) is 40.1 Å². The number of aliphatic hydroxyl groups excluding tert-OH is 9. The van der Waals surface area contributed by atoms with E-state index in [0.717, 1.165) is 49.4 Å². The number of aromatic nitrogens is 3. The molecule has 89 heavy (non-hydrogen) atoms. The van der Waals surface area contributed by atoms with Crippen LogP contribution in [0.25, 0.3) is 21.8 Å². The van der Waals surface area contributed by atoms with Gasteiger partial charge in [-0.3, -0.25) is 34.0 Å². The summed E-state index contributed by atoms with van der Waals surface area (Å²) in [6.07, 6.45) is -21.4. The Kier molecular flexibility index (Phi) is 23.7. The lowest BCUT2D eigenvalue weighted by Gasteiger charge is -2.42. The summed E-state index contributed by atoms with van der Waals surface area (Å²) in [6, 6.07) is 7.86. The number of primary amides is 1. The molecule has 0 spiro atoms. The van der Waals surface area contributed by atoms with Crippen molar-refractivity contribution >= 4 is 74.3 Å². The smallest absolute Gasteiger partial charge is 0.414 e. The van der Waals surface area contributed by atoms with Gasteiger partial charge < -0.3 is 87.2 Å². The largest absolute Gasteiger partial charge is 0.444 e. The van der Waals surface area contributed by atoms with Gasteiger partial charge in [-0.25, -0.2) is 41.3 Å². The van der Waals surface area contributed by atoms with Crippen LogP contribution in [0.2, 0.25) is 0 Å². The molecular weight excluding hydrogens is 1230 g/mol. The number of carbonyl (C=O) groups is 6. The van der Waals surface area contributed by atoms with E-state index in [1.807, 2.05) is 30.8 Å². The zero-order valence-electron chi connectivity index (χ0n) is 47.6. The van der Waals surface area contributed by atoms with Gasteiger partial charge in [0.05, 0.1) is 52.7 Å². The number of thiazole rings is 1. The van der Waals surface area contributed by atoms with E-state index in [9.17, 15) is 91.9 Å². The van der Waals surface area contributed by atoms with Gasteiger partial charge in [-0.15, -0.1) is 11.3 Å². The molecule has 4 unspecified atom stereocenters. The van der Waals surface area contributed by atoms with E-state index < -0.39 is 178 Å². The maximum Gasteiger partial charge on any atom is 0.414 e. The summed E-state index contributed by atoms with van der Waals surface area (Å²) in [7, 11) is -4.98. The third-order valence-corrected chi connectivity index (χ3v) is 16.1. The number of benzene rings is 3. The summed E-state index contributed by atoms with van der Waals surface area (Å²) < 4.78 is 89.2. The summed E-state index contributed by atoms with van der Waals surface area (Å²) in [5, 5.41) is 104. The lowest BCUT2D eigenvalue weighted by molar-refractivity contribution is -0.326. The van der Waals surface area contributed by atoms with Crippen molar-refractivity contribution in [3.8, 4) is 21.8 Å². The number of halogens is 3. The fourth-order valence-corrected chi connectivity index (χ4v) is 10.7. The fourth-order valence-electron chi connectivity index (χ4n) is 8.35. The molecule has 13 atom stereocenters. The van der Waals surface area contributed by atoms with E-state index >= 15 is 4.39 Å². The highest BCUT2D eigenvalue weighted by atomic mass is 32.2. The third-order valence-electron chi connectivity index (χ3n) is 13.1. The first-order chi connectivity index (χ1) is 41.8. The molecule has 3 aromatic carbocycles. The molecule has 0 radical (unpaired) electrons. The monoisotopic (exact) mass is 1290 g/mol. The van der Waals surface area contributed by atoms with Gasteiger partial charge in [0.1, 0.15) is 79.1 Å². The fraction of sp³-hybridized carbons (Fsp3) is 0.426. The molecule has 6 rings (SSSR count). The van der Waals surface area contributed by atoms with E-state index in [0.29, 0.717) is 10.6 Å². The van der Waals surface area contributed by atoms with Gasteiger partial charge in [-0.05, 0) is 61.9 Å². The van der Waals surface area contributed by atoms with Gasteiger partial charge in [0.25, 0.3) is 15.9 Å². The van der Waals surface area contributed by atoms with Crippen molar-refractivity contribution in [3.63, 3.8) is 0 Å². The average molecular weight is 1300 g/mol. The third kappa shape index (κ3) is 17.7. The molecule has 1 aliphatic rings. The predicted molar refractivity (Wildman–Crippen MR) is 304 cm³/mol. The molecule has 484 valence electrons. The number of carbonyl (C=O) groups excluding carboxylic acids is 6. The van der Waals surface area contributed by atoms with E-state index in [1.54, 1.807) is 0 Å². The van der Waals surface area contributed by atoms with Gasteiger partial charge >= 0.3 is 6.09 Å². The Morgan fingerprint density at radius 1 is 0.798 bits per heavy atom. The standard InChI is InChI=1S/C54H65F3N10O20S2/c1-22(60-48(80)36(23(2)70)64-49(81)41(76)40(75)43(32(71)19-68)87-50-42(77)39(74)38(73)33(20-69)86-50)46(78)62-31(18-34(58)72)47(79)61-25-14-12-24(13-15-25)21-85-53(82)66-52-59-17-16-30(63-52)44-37(65-51(88-44)54(3,4)5)26-8-6-11-29(35(26)57)67-89(83,84)45-27(55)9-7-10-28(45)56/h6-17,22-23,31-33,36,38-43,50,67-71,73-77H,18-21H2,1-5H3,(H2,58,72)(H,60,80)(H,61,79)(H,62,78)(H,64,81)(H,59,63,66,82)/t22?,23?,31?,32-,33-,36?,38+,39+,40+,41-,42-,43+,50+/m1/s1. The van der Waals surface area contributed by atoms with Crippen molar-refractivity contribution in [1.29, 1.82) is 0 Å².